The molecule has 0 saturated heterocycles. The molecule has 0 aliphatic carbocycles. The monoisotopic (exact) mass is 382 g/mol. The third kappa shape index (κ3) is 3.08. The molecular weight excluding hydrogens is 364 g/mol. The Labute approximate surface area is 158 Å². The van der Waals surface area contributed by atoms with Crippen molar-refractivity contribution in [1.82, 2.24) is 14.5 Å². The Hall–Kier alpha value is -3.13. The summed E-state index contributed by atoms with van der Waals surface area (Å²) < 4.78 is 7.81. The quantitative estimate of drug-likeness (QED) is 0.562. The van der Waals surface area contributed by atoms with E-state index in [2.05, 4.69) is 15.3 Å². The summed E-state index contributed by atoms with van der Waals surface area (Å²) in [6.07, 6.45) is 0. The van der Waals surface area contributed by atoms with Crippen LogP contribution in [-0.2, 0) is 0 Å². The van der Waals surface area contributed by atoms with Gasteiger partial charge in [-0.1, -0.05) is 11.3 Å². The van der Waals surface area contributed by atoms with Gasteiger partial charge in [0.25, 0.3) is 5.91 Å². The zero-order valence-corrected chi connectivity index (χ0v) is 15.9. The maximum absolute atomic E-state index is 12.6. The zero-order valence-electron chi connectivity index (χ0n) is 15.1. The van der Waals surface area contributed by atoms with E-state index in [1.165, 1.54) is 11.3 Å². The van der Waals surface area contributed by atoms with E-state index in [1.807, 2.05) is 32.0 Å². The Morgan fingerprint density at radius 1 is 1.26 bits per heavy atom. The smallest absolute Gasteiger partial charge is 0.326 e. The summed E-state index contributed by atoms with van der Waals surface area (Å²) in [6, 6.07) is 10.8. The maximum Gasteiger partial charge on any atom is 0.326 e. The van der Waals surface area contributed by atoms with E-state index in [9.17, 15) is 9.59 Å². The lowest BCUT2D eigenvalue weighted by atomic mass is 10.2. The lowest BCUT2D eigenvalue weighted by Crippen LogP contribution is -2.18. The number of aromatic nitrogens is 3. The number of benzene rings is 2. The maximum atomic E-state index is 12.6. The molecule has 2 heterocycles. The van der Waals surface area contributed by atoms with Crippen LogP contribution in [0.1, 0.15) is 30.2 Å². The van der Waals surface area contributed by atoms with Crippen LogP contribution in [0.3, 0.4) is 0 Å². The van der Waals surface area contributed by atoms with Gasteiger partial charge in [-0.3, -0.25) is 14.7 Å². The minimum atomic E-state index is -0.277. The molecule has 4 rings (SSSR count). The van der Waals surface area contributed by atoms with Crippen LogP contribution in [0.5, 0.6) is 5.75 Å². The molecule has 0 fully saturated rings. The van der Waals surface area contributed by atoms with E-state index >= 15 is 0 Å². The first-order chi connectivity index (χ1) is 13.0. The predicted octanol–water partition coefficient (Wildman–Crippen LogP) is 3.78. The fourth-order valence-electron chi connectivity index (χ4n) is 3.04. The van der Waals surface area contributed by atoms with Gasteiger partial charge in [0.15, 0.2) is 5.13 Å². The molecule has 2 aromatic heterocycles. The number of nitrogens with zero attached hydrogens (tertiary/aromatic N) is 2. The molecule has 0 aliphatic heterocycles. The number of nitrogens with one attached hydrogen (secondary N) is 2. The fourth-order valence-corrected chi connectivity index (χ4v) is 3.93. The normalized spacial score (nSPS) is 11.4. The van der Waals surface area contributed by atoms with Gasteiger partial charge < -0.3 is 9.72 Å². The van der Waals surface area contributed by atoms with Gasteiger partial charge in [-0.05, 0) is 50.2 Å². The topological polar surface area (TPSA) is 89.0 Å². The molecule has 2 N–H and O–H groups in total. The van der Waals surface area contributed by atoms with Gasteiger partial charge in [-0.2, -0.15) is 0 Å². The van der Waals surface area contributed by atoms with E-state index in [1.54, 1.807) is 29.9 Å². The highest BCUT2D eigenvalue weighted by Gasteiger charge is 2.14. The Morgan fingerprint density at radius 3 is 2.81 bits per heavy atom. The number of hydrogen-bond donors (Lipinski definition) is 2. The minimum absolute atomic E-state index is 0.0330. The number of thiazole rings is 1. The molecule has 8 heteroatoms. The first-order valence-electron chi connectivity index (χ1n) is 8.46. The van der Waals surface area contributed by atoms with E-state index < -0.39 is 0 Å². The van der Waals surface area contributed by atoms with Crippen molar-refractivity contribution in [1.29, 1.82) is 0 Å². The molecule has 138 valence electrons. The predicted molar refractivity (Wildman–Crippen MR) is 107 cm³/mol. The molecule has 7 nitrogen and oxygen atoms in total. The van der Waals surface area contributed by atoms with Crippen molar-refractivity contribution in [3.63, 3.8) is 0 Å². The molecule has 0 spiro atoms. The van der Waals surface area contributed by atoms with Crippen LogP contribution in [0.15, 0.2) is 41.2 Å². The van der Waals surface area contributed by atoms with Crippen molar-refractivity contribution >= 4 is 43.6 Å². The van der Waals surface area contributed by atoms with Crippen LogP contribution < -0.4 is 15.7 Å². The van der Waals surface area contributed by atoms with Gasteiger partial charge in [-0.15, -0.1) is 0 Å². The Bertz CT molecular complexity index is 1220. The molecule has 0 aliphatic rings. The molecule has 0 unspecified atom stereocenters. The Balaban J connectivity index is 1.64. The summed E-state index contributed by atoms with van der Waals surface area (Å²) in [5.41, 5.74) is 2.48. The van der Waals surface area contributed by atoms with Crippen LogP contribution >= 0.6 is 11.3 Å². The average molecular weight is 382 g/mol. The molecular formula is C19H18N4O3S. The second kappa shape index (κ2) is 6.55. The van der Waals surface area contributed by atoms with Crippen LogP contribution in [0.4, 0.5) is 5.13 Å². The number of methoxy groups -OCH3 is 1. The van der Waals surface area contributed by atoms with Crippen molar-refractivity contribution < 1.29 is 9.53 Å². The SMILES string of the molecule is COc1ccc2nc(NC(=O)c3ccc4c(c3)[nH]c(=O)n4C(C)C)sc2c1. The number of imidazole rings is 1. The first kappa shape index (κ1) is 17.3. The molecule has 0 saturated carbocycles. The van der Waals surface area contributed by atoms with Crippen LogP contribution in [0.2, 0.25) is 0 Å². The Morgan fingerprint density at radius 2 is 2.07 bits per heavy atom. The molecule has 0 bridgehead atoms. The number of ether oxygens (including phenoxy) is 1. The molecule has 27 heavy (non-hydrogen) atoms. The summed E-state index contributed by atoms with van der Waals surface area (Å²) in [5, 5.41) is 3.33. The summed E-state index contributed by atoms with van der Waals surface area (Å²) in [4.78, 5) is 31.9. The number of amides is 1. The van der Waals surface area contributed by atoms with Crippen LogP contribution in [-0.4, -0.2) is 27.6 Å². The van der Waals surface area contributed by atoms with Crippen molar-refractivity contribution in [3.8, 4) is 5.75 Å². The number of aromatic amines is 1. The zero-order chi connectivity index (χ0) is 19.1. The van der Waals surface area contributed by atoms with Gasteiger partial charge >= 0.3 is 5.69 Å². The van der Waals surface area contributed by atoms with Crippen molar-refractivity contribution in [3.05, 3.63) is 52.4 Å². The van der Waals surface area contributed by atoms with Crippen molar-refractivity contribution in [2.75, 3.05) is 12.4 Å². The van der Waals surface area contributed by atoms with Gasteiger partial charge in [-0.25, -0.2) is 9.78 Å². The first-order valence-corrected chi connectivity index (χ1v) is 9.28. The number of carbonyl (C=O) groups is 1. The second-order valence-corrected chi connectivity index (χ2v) is 7.46. The average Bonchev–Trinajstić information content (AvgIpc) is 3.18. The van der Waals surface area contributed by atoms with Crippen molar-refractivity contribution in [2.24, 2.45) is 0 Å². The minimum Gasteiger partial charge on any atom is -0.497 e. The number of carbonyl (C=O) groups excluding carboxylic acids is 1. The molecule has 1 amide bonds. The Kier molecular flexibility index (Phi) is 4.19. The number of H-pyrrole nitrogens is 1. The standard InChI is InChI=1S/C19H18N4O3S/c1-10(2)23-15-7-4-11(8-14(15)21-19(23)25)17(24)22-18-20-13-6-5-12(26-3)9-16(13)27-18/h4-10H,1-3H3,(H,21,25)(H,20,22,24). The van der Waals surface area contributed by atoms with Gasteiger partial charge in [0.2, 0.25) is 0 Å². The van der Waals surface area contributed by atoms with E-state index in [0.29, 0.717) is 16.2 Å². The highest BCUT2D eigenvalue weighted by molar-refractivity contribution is 7.22. The summed E-state index contributed by atoms with van der Waals surface area (Å²) in [7, 11) is 1.61. The number of fused-ring (bicyclic) bond motifs is 2. The summed E-state index contributed by atoms with van der Waals surface area (Å²) in [5.74, 6) is 0.467. The molecule has 0 atom stereocenters. The van der Waals surface area contributed by atoms with Gasteiger partial charge in [0.1, 0.15) is 5.75 Å². The summed E-state index contributed by atoms with van der Waals surface area (Å²) in [6.45, 7) is 3.88. The molecule has 0 radical (unpaired) electrons. The van der Waals surface area contributed by atoms with E-state index in [4.69, 9.17) is 4.74 Å². The number of hydrogen-bond acceptors (Lipinski definition) is 5. The third-order valence-electron chi connectivity index (χ3n) is 4.31. The third-order valence-corrected chi connectivity index (χ3v) is 5.24. The highest BCUT2D eigenvalue weighted by atomic mass is 32.1. The van der Waals surface area contributed by atoms with E-state index in [-0.39, 0.29) is 17.6 Å². The van der Waals surface area contributed by atoms with Crippen LogP contribution in [0.25, 0.3) is 21.3 Å². The second-order valence-electron chi connectivity index (χ2n) is 6.43. The molecule has 2 aromatic carbocycles. The fraction of sp³-hybridized carbons (Fsp3) is 0.211. The molecule has 4 aromatic rings. The van der Waals surface area contributed by atoms with Crippen LogP contribution in [0, 0.1) is 0 Å². The van der Waals surface area contributed by atoms with Gasteiger partial charge in [0, 0.05) is 11.6 Å². The highest BCUT2D eigenvalue weighted by Crippen LogP contribution is 2.29. The van der Waals surface area contributed by atoms with Crippen molar-refractivity contribution in [2.45, 2.75) is 19.9 Å². The van der Waals surface area contributed by atoms with E-state index in [0.717, 1.165) is 21.5 Å². The van der Waals surface area contributed by atoms with Gasteiger partial charge in [0.05, 0.1) is 28.4 Å². The largest absolute Gasteiger partial charge is 0.497 e. The lowest BCUT2D eigenvalue weighted by Gasteiger charge is -2.07. The number of rotatable bonds is 4. The number of anilines is 1. The lowest BCUT2D eigenvalue weighted by molar-refractivity contribution is 0.102. The summed E-state index contributed by atoms with van der Waals surface area (Å²) >= 11 is 1.38.